The molecule has 0 aromatic heterocycles. The molecule has 0 aliphatic carbocycles. The average Bonchev–Trinajstić information content (AvgIpc) is 2.71. The third-order valence-corrected chi connectivity index (χ3v) is 4.22. The Morgan fingerprint density at radius 3 is 2.44 bits per heavy atom. The molecule has 2 rings (SSSR count). The summed E-state index contributed by atoms with van der Waals surface area (Å²) < 4.78 is 15.8. The van der Waals surface area contributed by atoms with Crippen LogP contribution in [0.2, 0.25) is 0 Å². The summed E-state index contributed by atoms with van der Waals surface area (Å²) >= 11 is 0. The van der Waals surface area contributed by atoms with Crippen molar-refractivity contribution in [2.45, 2.75) is 32.9 Å². The number of esters is 1. The summed E-state index contributed by atoms with van der Waals surface area (Å²) in [5, 5.41) is 3.42. The fourth-order valence-corrected chi connectivity index (χ4v) is 2.55. The Morgan fingerprint density at radius 2 is 1.81 bits per heavy atom. The second-order valence-electron chi connectivity index (χ2n) is 6.18. The van der Waals surface area contributed by atoms with Gasteiger partial charge in [0.1, 0.15) is 17.9 Å². The van der Waals surface area contributed by atoms with Crippen molar-refractivity contribution in [2.75, 3.05) is 19.5 Å². The Hall–Kier alpha value is -2.95. The molecule has 5 heteroatoms. The molecular weight excluding hydrogens is 342 g/mol. The number of hydrogen-bond acceptors (Lipinski definition) is 5. The summed E-state index contributed by atoms with van der Waals surface area (Å²) in [6, 6.07) is 15.8. The highest BCUT2D eigenvalue weighted by Gasteiger charge is 2.16. The molecule has 5 nitrogen and oxygen atoms in total. The van der Waals surface area contributed by atoms with Gasteiger partial charge in [-0.1, -0.05) is 31.2 Å². The number of methoxy groups -OCH3 is 2. The van der Waals surface area contributed by atoms with E-state index in [1.54, 1.807) is 0 Å². The molecule has 0 bridgehead atoms. The first kappa shape index (κ1) is 20.4. The van der Waals surface area contributed by atoms with Crippen molar-refractivity contribution in [1.29, 1.82) is 0 Å². The predicted octanol–water partition coefficient (Wildman–Crippen LogP) is 4.64. The van der Waals surface area contributed by atoms with E-state index >= 15 is 0 Å². The maximum Gasteiger partial charge on any atom is 0.341 e. The minimum absolute atomic E-state index is 0.326. The molecule has 0 saturated heterocycles. The fraction of sp³-hybridized carbons (Fsp3) is 0.318. The van der Waals surface area contributed by atoms with Crippen LogP contribution in [0, 0.1) is 0 Å². The number of nitrogens with one attached hydrogen (secondary N) is 1. The van der Waals surface area contributed by atoms with E-state index in [0.29, 0.717) is 18.2 Å². The molecule has 27 heavy (non-hydrogen) atoms. The van der Waals surface area contributed by atoms with Crippen LogP contribution in [0.1, 0.15) is 31.4 Å². The van der Waals surface area contributed by atoms with E-state index < -0.39 is 5.97 Å². The Balaban J connectivity index is 2.12. The van der Waals surface area contributed by atoms with E-state index in [0.717, 1.165) is 29.0 Å². The van der Waals surface area contributed by atoms with Crippen molar-refractivity contribution < 1.29 is 19.0 Å². The zero-order valence-electron chi connectivity index (χ0n) is 16.3. The molecule has 144 valence electrons. The number of carbonyl (C=O) groups is 1. The van der Waals surface area contributed by atoms with Gasteiger partial charge < -0.3 is 19.5 Å². The van der Waals surface area contributed by atoms with Gasteiger partial charge in [0.2, 0.25) is 0 Å². The van der Waals surface area contributed by atoms with Crippen LogP contribution in [0.5, 0.6) is 5.75 Å². The van der Waals surface area contributed by atoms with Crippen LogP contribution < -0.4 is 10.1 Å². The highest BCUT2D eigenvalue weighted by molar-refractivity contribution is 6.16. The molecule has 0 fully saturated rings. The summed E-state index contributed by atoms with van der Waals surface area (Å²) in [6.07, 6.45) is 2.45. The lowest BCUT2D eigenvalue weighted by Crippen LogP contribution is -2.13. The lowest BCUT2D eigenvalue weighted by Gasteiger charge is -2.14. The summed E-state index contributed by atoms with van der Waals surface area (Å²) in [5.74, 6) is 0.305. The van der Waals surface area contributed by atoms with E-state index in [1.165, 1.54) is 20.5 Å². The van der Waals surface area contributed by atoms with Crippen molar-refractivity contribution in [2.24, 2.45) is 0 Å². The summed E-state index contributed by atoms with van der Waals surface area (Å²) in [7, 11) is 2.84. The molecule has 2 aromatic carbocycles. The molecule has 0 saturated carbocycles. The molecule has 0 amide bonds. The van der Waals surface area contributed by atoms with Gasteiger partial charge in [0.25, 0.3) is 0 Å². The number of hydrogen-bond donors (Lipinski definition) is 1. The molecule has 1 N–H and O–H groups in total. The van der Waals surface area contributed by atoms with Crippen molar-refractivity contribution >= 4 is 17.2 Å². The number of anilines is 1. The van der Waals surface area contributed by atoms with Gasteiger partial charge in [-0.3, -0.25) is 0 Å². The van der Waals surface area contributed by atoms with Crippen molar-refractivity contribution in [1.82, 2.24) is 0 Å². The lowest BCUT2D eigenvalue weighted by atomic mass is 10.0. The fourth-order valence-electron chi connectivity index (χ4n) is 2.55. The molecule has 0 spiro atoms. The molecular formula is C22H27NO4. The third kappa shape index (κ3) is 5.78. The van der Waals surface area contributed by atoms with Gasteiger partial charge >= 0.3 is 5.97 Å². The van der Waals surface area contributed by atoms with Crippen molar-refractivity contribution in [3.05, 3.63) is 65.9 Å². The Labute approximate surface area is 161 Å². The monoisotopic (exact) mass is 369 g/mol. The zero-order valence-corrected chi connectivity index (χ0v) is 16.3. The van der Waals surface area contributed by atoms with Crippen LogP contribution >= 0.6 is 0 Å². The van der Waals surface area contributed by atoms with E-state index in [1.807, 2.05) is 48.5 Å². The first-order chi connectivity index (χ1) is 13.1. The van der Waals surface area contributed by atoms with E-state index in [-0.39, 0.29) is 0 Å². The normalized spacial score (nSPS) is 12.2. The van der Waals surface area contributed by atoms with Gasteiger partial charge in [0.05, 0.1) is 20.5 Å². The molecule has 1 unspecified atom stereocenters. The number of benzene rings is 2. The first-order valence-corrected chi connectivity index (χ1v) is 8.98. The van der Waals surface area contributed by atoms with Gasteiger partial charge in [0.15, 0.2) is 0 Å². The third-order valence-electron chi connectivity index (χ3n) is 4.22. The maximum atomic E-state index is 12.1. The maximum absolute atomic E-state index is 12.1. The minimum atomic E-state index is -0.454. The Morgan fingerprint density at radius 1 is 1.11 bits per heavy atom. The minimum Gasteiger partial charge on any atom is -0.503 e. The summed E-state index contributed by atoms with van der Waals surface area (Å²) in [6.45, 7) is 4.62. The van der Waals surface area contributed by atoms with Crippen LogP contribution in [0.15, 0.2) is 54.8 Å². The van der Waals surface area contributed by atoms with Crippen LogP contribution in [0.25, 0.3) is 5.57 Å². The van der Waals surface area contributed by atoms with Gasteiger partial charge in [-0.25, -0.2) is 4.79 Å². The predicted molar refractivity (Wildman–Crippen MR) is 108 cm³/mol. The van der Waals surface area contributed by atoms with E-state index in [4.69, 9.17) is 14.2 Å². The molecule has 0 aliphatic heterocycles. The second kappa shape index (κ2) is 10.3. The molecule has 1 atom stereocenters. The first-order valence-electron chi connectivity index (χ1n) is 8.98. The van der Waals surface area contributed by atoms with Gasteiger partial charge in [-0.2, -0.15) is 0 Å². The topological polar surface area (TPSA) is 56.8 Å². The molecule has 0 heterocycles. The highest BCUT2D eigenvalue weighted by Crippen LogP contribution is 2.23. The highest BCUT2D eigenvalue weighted by atomic mass is 16.5. The van der Waals surface area contributed by atoms with Gasteiger partial charge in [0, 0.05) is 11.7 Å². The average molecular weight is 369 g/mol. The van der Waals surface area contributed by atoms with Crippen molar-refractivity contribution in [3.63, 3.8) is 0 Å². The smallest absolute Gasteiger partial charge is 0.341 e. The number of carbonyl (C=O) groups excluding carboxylic acids is 1. The lowest BCUT2D eigenvalue weighted by molar-refractivity contribution is -0.133. The van der Waals surface area contributed by atoms with Crippen LogP contribution in [0.4, 0.5) is 5.69 Å². The van der Waals surface area contributed by atoms with Gasteiger partial charge in [-0.05, 0) is 48.7 Å². The number of rotatable bonds is 9. The molecule has 0 radical (unpaired) electrons. The van der Waals surface area contributed by atoms with Crippen LogP contribution in [0.3, 0.4) is 0 Å². The molecule has 2 aromatic rings. The summed E-state index contributed by atoms with van der Waals surface area (Å²) in [5.41, 5.74) is 3.01. The second-order valence-corrected chi connectivity index (χ2v) is 6.18. The SMILES string of the molecule is CCC(C)Nc1ccc(OCc2ccccc2/C(=C\OC)C(=O)OC)cc1. The van der Waals surface area contributed by atoms with Crippen molar-refractivity contribution in [3.8, 4) is 5.75 Å². The molecule has 0 aliphatic rings. The summed E-state index contributed by atoms with van der Waals surface area (Å²) in [4.78, 5) is 12.1. The Kier molecular flexibility index (Phi) is 7.74. The largest absolute Gasteiger partial charge is 0.503 e. The van der Waals surface area contributed by atoms with E-state index in [9.17, 15) is 4.79 Å². The van der Waals surface area contributed by atoms with Crippen LogP contribution in [-0.4, -0.2) is 26.2 Å². The Bertz CT molecular complexity index is 768. The van der Waals surface area contributed by atoms with E-state index in [2.05, 4.69) is 19.2 Å². The van der Waals surface area contributed by atoms with Gasteiger partial charge in [-0.15, -0.1) is 0 Å². The number of ether oxygens (including phenoxy) is 3. The van der Waals surface area contributed by atoms with Crippen LogP contribution in [-0.2, 0) is 20.9 Å². The quantitative estimate of drug-likeness (QED) is 0.396. The zero-order chi connectivity index (χ0) is 19.6. The standard InChI is InChI=1S/C22H27NO4/c1-5-16(2)23-18-10-12-19(13-11-18)27-14-17-8-6-7-9-20(17)21(15-25-3)22(24)26-4/h6-13,15-16,23H,5,14H2,1-4H3/b21-15+.